The molecule has 0 aliphatic carbocycles. The van der Waals surface area contributed by atoms with E-state index in [4.69, 9.17) is 0 Å². The van der Waals surface area contributed by atoms with Gasteiger partial charge in [0, 0.05) is 22.2 Å². The maximum Gasteiger partial charge on any atom is 0.192 e. The van der Waals surface area contributed by atoms with Gasteiger partial charge in [0.05, 0.1) is 5.97 Å². The molecule has 100 valence electrons. The molecular weight excluding hydrogens is 242 g/mol. The molecule has 19 heavy (non-hydrogen) atoms. The van der Waals surface area contributed by atoms with E-state index in [1.165, 1.54) is 12.1 Å². The summed E-state index contributed by atoms with van der Waals surface area (Å²) in [7, 11) is 0. The molecule has 1 heterocycles. The number of fused-ring (bicyclic) bond motifs is 1. The van der Waals surface area contributed by atoms with Gasteiger partial charge < -0.3 is 14.9 Å². The molecule has 0 radical (unpaired) electrons. The maximum absolute atomic E-state index is 12.4. The summed E-state index contributed by atoms with van der Waals surface area (Å²) in [5.41, 5.74) is 2.20. The second-order valence-corrected chi connectivity index (χ2v) is 4.71. The van der Waals surface area contributed by atoms with Crippen molar-refractivity contribution in [2.24, 2.45) is 0 Å². The number of carboxylic acid groups (broad SMARTS) is 1. The topological polar surface area (TPSA) is 73.0 Å². The average Bonchev–Trinajstić information content (AvgIpc) is 2.38. The third-order valence-electron chi connectivity index (χ3n) is 3.33. The standard InChI is InChI=1S/C15H17NO3/c1-3-4-5-11-9(2)16-13-7-6-10(15(18)19)8-12(13)14(11)17/h6-8H,3-5H2,1-2H3,(H,16,17)(H,18,19)/p-1. The number of H-pyrrole nitrogens is 1. The van der Waals surface area contributed by atoms with Crippen molar-refractivity contribution in [2.45, 2.75) is 33.1 Å². The zero-order chi connectivity index (χ0) is 14.0. The number of hydrogen-bond acceptors (Lipinski definition) is 3. The minimum atomic E-state index is -1.27. The molecule has 0 saturated heterocycles. The lowest BCUT2D eigenvalue weighted by atomic mass is 10.0. The minimum Gasteiger partial charge on any atom is -0.545 e. The predicted octanol–water partition coefficient (Wildman–Crippen LogP) is 1.54. The van der Waals surface area contributed by atoms with Crippen LogP contribution in [0.15, 0.2) is 23.0 Å². The number of nitrogens with one attached hydrogen (secondary N) is 1. The van der Waals surface area contributed by atoms with Crippen molar-refractivity contribution in [1.29, 1.82) is 0 Å². The number of aromatic amines is 1. The van der Waals surface area contributed by atoms with Gasteiger partial charge >= 0.3 is 0 Å². The predicted molar refractivity (Wildman–Crippen MR) is 72.2 cm³/mol. The Morgan fingerprint density at radius 1 is 1.37 bits per heavy atom. The molecule has 0 unspecified atom stereocenters. The first-order valence-corrected chi connectivity index (χ1v) is 6.41. The van der Waals surface area contributed by atoms with Crippen LogP contribution in [0.3, 0.4) is 0 Å². The smallest absolute Gasteiger partial charge is 0.192 e. The number of pyridine rings is 1. The number of rotatable bonds is 4. The van der Waals surface area contributed by atoms with Crippen LogP contribution in [0.1, 0.15) is 41.4 Å². The molecule has 0 fully saturated rings. The number of unbranched alkanes of at least 4 members (excludes halogenated alkanes) is 1. The highest BCUT2D eigenvalue weighted by Crippen LogP contribution is 2.14. The van der Waals surface area contributed by atoms with E-state index in [2.05, 4.69) is 11.9 Å². The fraction of sp³-hybridized carbons (Fsp3) is 0.333. The first-order valence-electron chi connectivity index (χ1n) is 6.41. The van der Waals surface area contributed by atoms with Gasteiger partial charge in [-0.05, 0) is 37.5 Å². The van der Waals surface area contributed by atoms with Gasteiger partial charge in [0.15, 0.2) is 5.43 Å². The first kappa shape index (κ1) is 13.3. The molecule has 2 aromatic rings. The van der Waals surface area contributed by atoms with Crippen molar-refractivity contribution < 1.29 is 9.90 Å². The van der Waals surface area contributed by atoms with Gasteiger partial charge in [0.1, 0.15) is 0 Å². The van der Waals surface area contributed by atoms with E-state index in [1.54, 1.807) is 6.07 Å². The molecule has 4 nitrogen and oxygen atoms in total. The van der Waals surface area contributed by atoms with E-state index >= 15 is 0 Å². The second kappa shape index (κ2) is 5.26. The molecule has 2 rings (SSSR count). The van der Waals surface area contributed by atoms with E-state index in [9.17, 15) is 14.7 Å². The van der Waals surface area contributed by atoms with Crippen molar-refractivity contribution in [1.82, 2.24) is 4.98 Å². The highest BCUT2D eigenvalue weighted by molar-refractivity contribution is 5.92. The van der Waals surface area contributed by atoms with Crippen LogP contribution < -0.4 is 10.5 Å². The van der Waals surface area contributed by atoms with Gasteiger partial charge in [-0.3, -0.25) is 4.79 Å². The number of carboxylic acids is 1. The quantitative estimate of drug-likeness (QED) is 0.904. The third-order valence-corrected chi connectivity index (χ3v) is 3.33. The average molecular weight is 258 g/mol. The zero-order valence-electron chi connectivity index (χ0n) is 11.1. The van der Waals surface area contributed by atoms with Crippen LogP contribution >= 0.6 is 0 Å². The van der Waals surface area contributed by atoms with Crippen LogP contribution in [0.2, 0.25) is 0 Å². The van der Waals surface area contributed by atoms with E-state index in [-0.39, 0.29) is 11.0 Å². The van der Waals surface area contributed by atoms with Crippen molar-refractivity contribution in [3.8, 4) is 0 Å². The monoisotopic (exact) mass is 258 g/mol. The summed E-state index contributed by atoms with van der Waals surface area (Å²) in [5, 5.41) is 11.3. The summed E-state index contributed by atoms with van der Waals surface area (Å²) in [4.78, 5) is 26.4. The molecular formula is C15H16NO3-. The van der Waals surface area contributed by atoms with Gasteiger partial charge in [0.2, 0.25) is 0 Å². The van der Waals surface area contributed by atoms with Gasteiger partial charge in [0.25, 0.3) is 0 Å². The van der Waals surface area contributed by atoms with Crippen LogP contribution in [-0.2, 0) is 6.42 Å². The Morgan fingerprint density at radius 2 is 2.11 bits per heavy atom. The van der Waals surface area contributed by atoms with Gasteiger partial charge in [-0.15, -0.1) is 0 Å². The van der Waals surface area contributed by atoms with Crippen LogP contribution in [0.5, 0.6) is 0 Å². The summed E-state index contributed by atoms with van der Waals surface area (Å²) in [6.07, 6.45) is 2.66. The van der Waals surface area contributed by atoms with E-state index < -0.39 is 5.97 Å². The van der Waals surface area contributed by atoms with Crippen molar-refractivity contribution in [2.75, 3.05) is 0 Å². The van der Waals surface area contributed by atoms with Crippen LogP contribution in [-0.4, -0.2) is 11.0 Å². The first-order chi connectivity index (χ1) is 9.04. The Labute approximate surface area is 111 Å². The second-order valence-electron chi connectivity index (χ2n) is 4.71. The van der Waals surface area contributed by atoms with Crippen molar-refractivity contribution >= 4 is 16.9 Å². The van der Waals surface area contributed by atoms with E-state index in [0.717, 1.165) is 24.1 Å². The molecule has 0 saturated carbocycles. The normalized spacial score (nSPS) is 10.8. The number of aromatic carboxylic acids is 1. The summed E-state index contributed by atoms with van der Waals surface area (Å²) >= 11 is 0. The Bertz CT molecular complexity index is 686. The summed E-state index contributed by atoms with van der Waals surface area (Å²) < 4.78 is 0. The highest BCUT2D eigenvalue weighted by atomic mass is 16.4. The lowest BCUT2D eigenvalue weighted by Crippen LogP contribution is -2.22. The minimum absolute atomic E-state index is 0.0308. The number of hydrogen-bond donors (Lipinski definition) is 1. The largest absolute Gasteiger partial charge is 0.545 e. The Balaban J connectivity index is 2.66. The fourth-order valence-corrected chi connectivity index (χ4v) is 2.23. The molecule has 1 aromatic carbocycles. The number of carbonyl (C=O) groups is 1. The number of aryl methyl sites for hydroxylation is 1. The summed E-state index contributed by atoms with van der Waals surface area (Å²) in [6, 6.07) is 4.44. The fourth-order valence-electron chi connectivity index (χ4n) is 2.23. The summed E-state index contributed by atoms with van der Waals surface area (Å²) in [6.45, 7) is 3.94. The molecule has 0 aliphatic rings. The Morgan fingerprint density at radius 3 is 2.74 bits per heavy atom. The molecule has 0 aliphatic heterocycles. The van der Waals surface area contributed by atoms with Crippen LogP contribution in [0.25, 0.3) is 10.9 Å². The lowest BCUT2D eigenvalue weighted by Gasteiger charge is -2.09. The Kier molecular flexibility index (Phi) is 3.69. The van der Waals surface area contributed by atoms with E-state index in [1.807, 2.05) is 6.92 Å². The molecule has 1 aromatic heterocycles. The SMILES string of the molecule is CCCCc1c(C)[nH]c2ccc(C(=O)[O-])cc2c1=O. The molecule has 0 bridgehead atoms. The van der Waals surface area contributed by atoms with Gasteiger partial charge in [-0.2, -0.15) is 0 Å². The maximum atomic E-state index is 12.4. The van der Waals surface area contributed by atoms with E-state index in [0.29, 0.717) is 17.3 Å². The van der Waals surface area contributed by atoms with Crippen molar-refractivity contribution in [3.63, 3.8) is 0 Å². The van der Waals surface area contributed by atoms with Crippen LogP contribution in [0.4, 0.5) is 0 Å². The van der Waals surface area contributed by atoms with Gasteiger partial charge in [-0.25, -0.2) is 0 Å². The number of benzene rings is 1. The summed E-state index contributed by atoms with van der Waals surface area (Å²) in [5.74, 6) is -1.27. The third kappa shape index (κ3) is 2.52. The molecule has 0 spiro atoms. The Hall–Kier alpha value is -2.10. The van der Waals surface area contributed by atoms with Crippen LogP contribution in [0, 0.1) is 6.92 Å². The van der Waals surface area contributed by atoms with Gasteiger partial charge in [-0.1, -0.05) is 19.4 Å². The van der Waals surface area contributed by atoms with Crippen molar-refractivity contribution in [3.05, 3.63) is 45.2 Å². The zero-order valence-corrected chi connectivity index (χ0v) is 11.1. The number of carbonyl (C=O) groups excluding carboxylic acids is 1. The highest BCUT2D eigenvalue weighted by Gasteiger charge is 2.09. The lowest BCUT2D eigenvalue weighted by molar-refractivity contribution is -0.255. The molecule has 4 heteroatoms. The number of aromatic nitrogens is 1. The molecule has 0 amide bonds. The molecule has 1 N–H and O–H groups in total. The molecule has 0 atom stereocenters.